The van der Waals surface area contributed by atoms with Gasteiger partial charge in [-0.1, -0.05) is 0 Å². The summed E-state index contributed by atoms with van der Waals surface area (Å²) in [5.74, 6) is -0.00356. The second kappa shape index (κ2) is 8.45. The fourth-order valence-corrected chi connectivity index (χ4v) is 4.16. The predicted octanol–water partition coefficient (Wildman–Crippen LogP) is 3.62. The first-order valence-electron chi connectivity index (χ1n) is 8.75. The second-order valence-electron chi connectivity index (χ2n) is 6.42. The fourth-order valence-electron chi connectivity index (χ4n) is 3.14. The summed E-state index contributed by atoms with van der Waals surface area (Å²) in [6.45, 7) is 7.59. The van der Waals surface area contributed by atoms with Crippen molar-refractivity contribution in [2.45, 2.75) is 19.9 Å². The van der Waals surface area contributed by atoms with E-state index < -0.39 is 0 Å². The number of nitriles is 1. The Bertz CT molecular complexity index is 819. The van der Waals surface area contributed by atoms with Gasteiger partial charge in [-0.05, 0) is 44.2 Å². The van der Waals surface area contributed by atoms with Crippen LogP contribution in [0.4, 0.5) is 5.69 Å². The van der Waals surface area contributed by atoms with E-state index in [1.807, 2.05) is 0 Å². The maximum atomic E-state index is 11.7. The summed E-state index contributed by atoms with van der Waals surface area (Å²) in [5, 5.41) is 12.8. The number of thiophene rings is 1. The van der Waals surface area contributed by atoms with E-state index in [9.17, 15) is 10.1 Å². The minimum Gasteiger partial charge on any atom is -0.382 e. The Morgan fingerprint density at radius 3 is 2.73 bits per heavy atom. The van der Waals surface area contributed by atoms with E-state index in [1.165, 1.54) is 16.7 Å². The molecule has 1 aliphatic heterocycles. The van der Waals surface area contributed by atoms with Crippen molar-refractivity contribution in [2.24, 2.45) is 0 Å². The third-order valence-electron chi connectivity index (χ3n) is 4.61. The minimum atomic E-state index is -0.00356. The van der Waals surface area contributed by atoms with Gasteiger partial charge in [-0.15, -0.1) is 11.3 Å². The van der Waals surface area contributed by atoms with Gasteiger partial charge in [-0.3, -0.25) is 9.69 Å². The van der Waals surface area contributed by atoms with Crippen LogP contribution in [0.1, 0.15) is 38.6 Å². The molecule has 136 valence electrons. The third kappa shape index (κ3) is 4.31. The largest absolute Gasteiger partial charge is 0.382 e. The summed E-state index contributed by atoms with van der Waals surface area (Å²) in [5.41, 5.74) is 1.88. The molecule has 5 nitrogen and oxygen atoms in total. The molecular weight excluding hydrogens is 346 g/mol. The first-order chi connectivity index (χ1) is 12.6. The molecule has 1 aliphatic rings. The molecule has 1 atom stereocenters. The van der Waals surface area contributed by atoms with E-state index in [0.29, 0.717) is 23.4 Å². The Morgan fingerprint density at radius 1 is 1.35 bits per heavy atom. The molecule has 1 unspecified atom stereocenters. The quantitative estimate of drug-likeness (QED) is 0.788. The van der Waals surface area contributed by atoms with Crippen LogP contribution in [0.5, 0.6) is 0 Å². The van der Waals surface area contributed by atoms with Gasteiger partial charge < -0.3 is 10.1 Å². The molecule has 0 saturated carbocycles. The minimum absolute atomic E-state index is 0.00356. The van der Waals surface area contributed by atoms with Crippen LogP contribution in [0, 0.1) is 18.3 Å². The third-order valence-corrected chi connectivity index (χ3v) is 5.71. The first kappa shape index (κ1) is 18.6. The van der Waals surface area contributed by atoms with Crippen LogP contribution in [0.2, 0.25) is 0 Å². The molecule has 0 amide bonds. The van der Waals surface area contributed by atoms with Crippen molar-refractivity contribution >= 4 is 22.8 Å². The molecule has 1 N–H and O–H groups in total. The van der Waals surface area contributed by atoms with Gasteiger partial charge in [-0.2, -0.15) is 5.26 Å². The Kier molecular flexibility index (Phi) is 6.04. The zero-order valence-corrected chi connectivity index (χ0v) is 15.9. The Hall–Kier alpha value is -2.20. The zero-order chi connectivity index (χ0) is 18.5. The summed E-state index contributed by atoms with van der Waals surface area (Å²) in [7, 11) is 0. The van der Waals surface area contributed by atoms with Crippen molar-refractivity contribution in [3.8, 4) is 6.07 Å². The van der Waals surface area contributed by atoms with Gasteiger partial charge in [0, 0.05) is 35.0 Å². The van der Waals surface area contributed by atoms with Crippen molar-refractivity contribution in [1.29, 1.82) is 5.26 Å². The smallest absolute Gasteiger partial charge is 0.159 e. The van der Waals surface area contributed by atoms with Crippen molar-refractivity contribution in [3.05, 3.63) is 51.2 Å². The Morgan fingerprint density at radius 2 is 2.12 bits per heavy atom. The van der Waals surface area contributed by atoms with Gasteiger partial charge in [0.1, 0.15) is 6.07 Å². The van der Waals surface area contributed by atoms with E-state index in [2.05, 4.69) is 35.3 Å². The molecule has 0 radical (unpaired) electrons. The lowest BCUT2D eigenvalue weighted by Crippen LogP contribution is -2.41. The van der Waals surface area contributed by atoms with Crippen molar-refractivity contribution in [2.75, 3.05) is 38.2 Å². The number of hydrogen-bond donors (Lipinski definition) is 1. The maximum Gasteiger partial charge on any atom is 0.159 e. The summed E-state index contributed by atoms with van der Waals surface area (Å²) < 4.78 is 5.49. The van der Waals surface area contributed by atoms with Crippen LogP contribution in [0.15, 0.2) is 30.3 Å². The van der Waals surface area contributed by atoms with Crippen molar-refractivity contribution < 1.29 is 9.53 Å². The zero-order valence-electron chi connectivity index (χ0n) is 15.1. The number of hydrogen-bond acceptors (Lipinski definition) is 6. The number of carbonyl (C=O) groups is 1. The second-order valence-corrected chi connectivity index (χ2v) is 7.74. The number of ketones is 1. The summed E-state index contributed by atoms with van der Waals surface area (Å²) >= 11 is 1.80. The average Bonchev–Trinajstić information content (AvgIpc) is 3.08. The molecule has 0 spiro atoms. The topological polar surface area (TPSA) is 65.4 Å². The number of ether oxygens (including phenoxy) is 1. The molecule has 0 aliphatic carbocycles. The highest BCUT2D eigenvalue weighted by molar-refractivity contribution is 7.12. The van der Waals surface area contributed by atoms with Crippen LogP contribution in [0.3, 0.4) is 0 Å². The van der Waals surface area contributed by atoms with Crippen molar-refractivity contribution in [1.82, 2.24) is 4.90 Å². The number of nitrogens with one attached hydrogen (secondary N) is 1. The standard InChI is InChI=1S/C20H23N3O2S/c1-14-3-6-20(26-14)19(23-7-9-25-10-8-23)13-22-18-11-16(15(2)24)4-5-17(18)12-21/h3-6,11,19,22H,7-10,13H2,1-2H3. The number of nitrogens with zero attached hydrogens (tertiary/aromatic N) is 2. The summed E-state index contributed by atoms with van der Waals surface area (Å²) in [6, 6.07) is 11.9. The van der Waals surface area contributed by atoms with Crippen LogP contribution < -0.4 is 5.32 Å². The number of rotatable bonds is 6. The molecular formula is C20H23N3O2S. The van der Waals surface area contributed by atoms with Gasteiger partial charge >= 0.3 is 0 Å². The van der Waals surface area contributed by atoms with Crippen LogP contribution in [-0.4, -0.2) is 43.5 Å². The van der Waals surface area contributed by atoms with Gasteiger partial charge in [-0.25, -0.2) is 0 Å². The normalized spacial score (nSPS) is 16.0. The number of aryl methyl sites for hydroxylation is 1. The van der Waals surface area contributed by atoms with E-state index in [4.69, 9.17) is 4.74 Å². The number of benzene rings is 1. The van der Waals surface area contributed by atoms with Crippen LogP contribution >= 0.6 is 11.3 Å². The fraction of sp³-hybridized carbons (Fsp3) is 0.400. The average molecular weight is 369 g/mol. The lowest BCUT2D eigenvalue weighted by Gasteiger charge is -2.34. The van der Waals surface area contributed by atoms with Gasteiger partial charge in [0.25, 0.3) is 0 Å². The molecule has 1 saturated heterocycles. The Balaban J connectivity index is 1.82. The molecule has 1 aromatic heterocycles. The summed E-state index contributed by atoms with van der Waals surface area (Å²) in [4.78, 5) is 16.7. The molecule has 2 aromatic rings. The highest BCUT2D eigenvalue weighted by atomic mass is 32.1. The summed E-state index contributed by atoms with van der Waals surface area (Å²) in [6.07, 6.45) is 0. The van der Waals surface area contributed by atoms with E-state index >= 15 is 0 Å². The number of anilines is 1. The number of carbonyl (C=O) groups excluding carboxylic acids is 1. The lowest BCUT2D eigenvalue weighted by atomic mass is 10.1. The van der Waals surface area contributed by atoms with Gasteiger partial charge in [0.15, 0.2) is 5.78 Å². The molecule has 0 bridgehead atoms. The van der Waals surface area contributed by atoms with Crippen molar-refractivity contribution in [3.63, 3.8) is 0 Å². The monoisotopic (exact) mass is 369 g/mol. The maximum absolute atomic E-state index is 11.7. The molecule has 2 heterocycles. The Labute approximate surface area is 158 Å². The molecule has 6 heteroatoms. The van der Waals surface area contributed by atoms with Gasteiger partial charge in [0.2, 0.25) is 0 Å². The first-order valence-corrected chi connectivity index (χ1v) is 9.57. The highest BCUT2D eigenvalue weighted by Crippen LogP contribution is 2.29. The number of Topliss-reactive ketones (excluding diaryl/α,β-unsaturated/α-hetero) is 1. The van der Waals surface area contributed by atoms with E-state index in [-0.39, 0.29) is 11.8 Å². The molecule has 26 heavy (non-hydrogen) atoms. The predicted molar refractivity (Wildman–Crippen MR) is 104 cm³/mol. The highest BCUT2D eigenvalue weighted by Gasteiger charge is 2.24. The number of morpholine rings is 1. The lowest BCUT2D eigenvalue weighted by molar-refractivity contribution is 0.0194. The van der Waals surface area contributed by atoms with E-state index in [1.54, 1.807) is 29.5 Å². The van der Waals surface area contributed by atoms with Crippen LogP contribution in [0.25, 0.3) is 0 Å². The molecule has 1 fully saturated rings. The molecule has 1 aromatic carbocycles. The van der Waals surface area contributed by atoms with E-state index in [0.717, 1.165) is 26.3 Å². The molecule has 3 rings (SSSR count). The van der Waals surface area contributed by atoms with Crippen LogP contribution in [-0.2, 0) is 4.74 Å². The SMILES string of the molecule is CC(=O)c1ccc(C#N)c(NCC(c2ccc(C)s2)N2CCOCC2)c1. The van der Waals surface area contributed by atoms with Gasteiger partial charge in [0.05, 0.1) is 30.5 Å².